The van der Waals surface area contributed by atoms with Crippen LogP contribution in [-0.2, 0) is 9.84 Å². The van der Waals surface area contributed by atoms with Gasteiger partial charge in [-0.3, -0.25) is 0 Å². The van der Waals surface area contributed by atoms with Gasteiger partial charge in [-0.2, -0.15) is 0 Å². The predicted octanol–water partition coefficient (Wildman–Crippen LogP) is 0.643. The van der Waals surface area contributed by atoms with Crippen molar-refractivity contribution < 1.29 is 8.42 Å². The molecule has 1 heterocycles. The number of halogens is 1. The molecule has 0 aliphatic rings. The lowest BCUT2D eigenvalue weighted by molar-refractivity contribution is 0.600. The minimum atomic E-state index is -3.21. The van der Waals surface area contributed by atoms with Gasteiger partial charge in [-0.25, -0.2) is 18.4 Å². The third-order valence-electron chi connectivity index (χ3n) is 1.03. The molecule has 0 aromatic carbocycles. The molecule has 0 bridgehead atoms. The summed E-state index contributed by atoms with van der Waals surface area (Å²) in [4.78, 5) is 7.37. The van der Waals surface area contributed by atoms with Crippen LogP contribution in [0.1, 0.15) is 0 Å². The van der Waals surface area contributed by atoms with Crippen LogP contribution in [-0.4, -0.2) is 24.6 Å². The van der Waals surface area contributed by atoms with Crippen molar-refractivity contribution in [3.63, 3.8) is 0 Å². The zero-order valence-electron chi connectivity index (χ0n) is 5.65. The summed E-state index contributed by atoms with van der Waals surface area (Å²) in [5, 5.41) is 0. The summed E-state index contributed by atoms with van der Waals surface area (Å²) in [5.74, 6) is 0. The second-order valence-corrected chi connectivity index (χ2v) is 4.69. The van der Waals surface area contributed by atoms with Gasteiger partial charge in [0.15, 0.2) is 9.84 Å². The van der Waals surface area contributed by atoms with Crippen molar-refractivity contribution in [2.75, 3.05) is 6.26 Å². The Hall–Kier alpha value is -0.490. The largest absolute Gasteiger partial charge is 0.243 e. The van der Waals surface area contributed by atoms with E-state index in [4.69, 9.17) is 0 Å². The fourth-order valence-corrected chi connectivity index (χ4v) is 2.24. The van der Waals surface area contributed by atoms with Crippen LogP contribution in [0.4, 0.5) is 0 Å². The van der Waals surface area contributed by atoms with E-state index in [1.165, 1.54) is 12.5 Å². The molecular weight excluding hydrogens is 232 g/mol. The highest BCUT2D eigenvalue weighted by atomic mass is 79.9. The first-order valence-corrected chi connectivity index (χ1v) is 5.36. The SMILES string of the molecule is CS(=O)(=O)c1cncnc1Br. The summed E-state index contributed by atoms with van der Waals surface area (Å²) in [5.41, 5.74) is 0. The monoisotopic (exact) mass is 236 g/mol. The fourth-order valence-electron chi connectivity index (χ4n) is 0.551. The molecule has 11 heavy (non-hydrogen) atoms. The summed E-state index contributed by atoms with van der Waals surface area (Å²) in [6.45, 7) is 0. The second kappa shape index (κ2) is 2.86. The topological polar surface area (TPSA) is 59.9 Å². The predicted molar refractivity (Wildman–Crippen MR) is 42.8 cm³/mol. The van der Waals surface area contributed by atoms with Crippen LogP contribution in [0.5, 0.6) is 0 Å². The molecule has 1 rings (SSSR count). The van der Waals surface area contributed by atoms with E-state index >= 15 is 0 Å². The molecule has 0 spiro atoms. The van der Waals surface area contributed by atoms with Gasteiger partial charge in [0.05, 0.1) is 6.20 Å². The first-order chi connectivity index (χ1) is 5.02. The Bertz CT molecular complexity index is 363. The van der Waals surface area contributed by atoms with E-state index in [0.717, 1.165) is 6.26 Å². The minimum absolute atomic E-state index is 0.111. The molecule has 6 heteroatoms. The van der Waals surface area contributed by atoms with Crippen LogP contribution in [0.25, 0.3) is 0 Å². The van der Waals surface area contributed by atoms with Gasteiger partial charge in [-0.1, -0.05) is 0 Å². The van der Waals surface area contributed by atoms with Crippen LogP contribution >= 0.6 is 15.9 Å². The third kappa shape index (κ3) is 1.97. The molecule has 0 unspecified atom stereocenters. The zero-order chi connectivity index (χ0) is 8.48. The molecule has 0 amide bonds. The number of nitrogens with zero attached hydrogens (tertiary/aromatic N) is 2. The van der Waals surface area contributed by atoms with E-state index in [-0.39, 0.29) is 4.90 Å². The standard InChI is InChI=1S/C5H5BrN2O2S/c1-11(9,10)4-2-7-3-8-5(4)6/h2-3H,1H3. The van der Waals surface area contributed by atoms with Crippen molar-refractivity contribution in [3.8, 4) is 0 Å². The average Bonchev–Trinajstić information content (AvgIpc) is 1.86. The Morgan fingerprint density at radius 1 is 1.55 bits per heavy atom. The molecule has 0 atom stereocenters. The van der Waals surface area contributed by atoms with Crippen molar-refractivity contribution in [2.45, 2.75) is 4.90 Å². The number of rotatable bonds is 1. The summed E-state index contributed by atoms with van der Waals surface area (Å²) in [7, 11) is -3.21. The van der Waals surface area contributed by atoms with E-state index in [2.05, 4.69) is 25.9 Å². The Labute approximate surface area is 72.7 Å². The molecule has 0 aliphatic carbocycles. The molecule has 0 fully saturated rings. The average molecular weight is 237 g/mol. The Balaban J connectivity index is 3.37. The molecule has 0 N–H and O–H groups in total. The number of sulfone groups is 1. The van der Waals surface area contributed by atoms with Crippen LogP contribution in [0, 0.1) is 0 Å². The van der Waals surface area contributed by atoms with Gasteiger partial charge in [0, 0.05) is 6.26 Å². The van der Waals surface area contributed by atoms with Crippen molar-refractivity contribution in [3.05, 3.63) is 17.1 Å². The smallest absolute Gasteiger partial charge is 0.179 e. The van der Waals surface area contributed by atoms with Gasteiger partial charge < -0.3 is 0 Å². The maximum Gasteiger partial charge on any atom is 0.179 e. The summed E-state index contributed by atoms with van der Waals surface area (Å²) in [6, 6.07) is 0. The highest BCUT2D eigenvalue weighted by Crippen LogP contribution is 2.16. The summed E-state index contributed by atoms with van der Waals surface area (Å²) >= 11 is 3.00. The molecule has 0 aliphatic heterocycles. The second-order valence-electron chi connectivity index (χ2n) is 1.95. The van der Waals surface area contributed by atoms with Gasteiger partial charge in [-0.15, -0.1) is 0 Å². The maximum atomic E-state index is 10.9. The molecule has 4 nitrogen and oxygen atoms in total. The lowest BCUT2D eigenvalue weighted by atomic mass is 10.7. The summed E-state index contributed by atoms with van der Waals surface area (Å²) in [6.07, 6.45) is 3.64. The Morgan fingerprint density at radius 3 is 2.55 bits per heavy atom. The van der Waals surface area contributed by atoms with Crippen LogP contribution < -0.4 is 0 Å². The molecule has 1 aromatic rings. The van der Waals surface area contributed by atoms with Gasteiger partial charge in [-0.05, 0) is 15.9 Å². The highest BCUT2D eigenvalue weighted by Gasteiger charge is 2.11. The maximum absolute atomic E-state index is 10.9. The van der Waals surface area contributed by atoms with Crippen molar-refractivity contribution in [2.24, 2.45) is 0 Å². The molecule has 0 saturated heterocycles. The Kier molecular flexibility index (Phi) is 2.24. The van der Waals surface area contributed by atoms with Gasteiger partial charge >= 0.3 is 0 Å². The zero-order valence-corrected chi connectivity index (χ0v) is 8.05. The lowest BCUT2D eigenvalue weighted by Crippen LogP contribution is -1.99. The fraction of sp³-hybridized carbons (Fsp3) is 0.200. The van der Waals surface area contributed by atoms with Crippen molar-refractivity contribution in [1.29, 1.82) is 0 Å². The van der Waals surface area contributed by atoms with E-state index in [1.807, 2.05) is 0 Å². The van der Waals surface area contributed by atoms with Gasteiger partial charge in [0.25, 0.3) is 0 Å². The van der Waals surface area contributed by atoms with Crippen LogP contribution in [0.3, 0.4) is 0 Å². The highest BCUT2D eigenvalue weighted by molar-refractivity contribution is 9.10. The van der Waals surface area contributed by atoms with E-state index < -0.39 is 9.84 Å². The number of aromatic nitrogens is 2. The molecular formula is C5H5BrN2O2S. The van der Waals surface area contributed by atoms with Gasteiger partial charge in [0.2, 0.25) is 0 Å². The van der Waals surface area contributed by atoms with Gasteiger partial charge in [0.1, 0.15) is 15.8 Å². The first kappa shape index (κ1) is 8.61. The van der Waals surface area contributed by atoms with Crippen molar-refractivity contribution >= 4 is 25.8 Å². The molecule has 1 aromatic heterocycles. The van der Waals surface area contributed by atoms with E-state index in [9.17, 15) is 8.42 Å². The molecule has 0 radical (unpaired) electrons. The van der Waals surface area contributed by atoms with Crippen LogP contribution in [0.15, 0.2) is 22.0 Å². The normalized spacial score (nSPS) is 11.5. The minimum Gasteiger partial charge on any atom is -0.243 e. The lowest BCUT2D eigenvalue weighted by Gasteiger charge is -1.97. The molecule has 0 saturated carbocycles. The van der Waals surface area contributed by atoms with E-state index in [1.54, 1.807) is 0 Å². The first-order valence-electron chi connectivity index (χ1n) is 2.67. The number of hydrogen-bond donors (Lipinski definition) is 0. The summed E-state index contributed by atoms with van der Waals surface area (Å²) < 4.78 is 22.2. The Morgan fingerprint density at radius 2 is 2.18 bits per heavy atom. The number of hydrogen-bond acceptors (Lipinski definition) is 4. The molecule has 60 valence electrons. The van der Waals surface area contributed by atoms with E-state index in [0.29, 0.717) is 4.60 Å². The van der Waals surface area contributed by atoms with Crippen molar-refractivity contribution in [1.82, 2.24) is 9.97 Å². The quantitative estimate of drug-likeness (QED) is 0.672. The van der Waals surface area contributed by atoms with Crippen LogP contribution in [0.2, 0.25) is 0 Å². The third-order valence-corrected chi connectivity index (χ3v) is 3.02.